The molecule has 4 nitrogen and oxygen atoms in total. The first kappa shape index (κ1) is 13.1. The van der Waals surface area contributed by atoms with Crippen LogP contribution in [0.2, 0.25) is 0 Å². The fourth-order valence-corrected chi connectivity index (χ4v) is 0.890. The minimum absolute atomic E-state index is 0.750. The van der Waals surface area contributed by atoms with E-state index >= 15 is 0 Å². The van der Waals surface area contributed by atoms with Crippen LogP contribution in [-0.4, -0.2) is 12.2 Å². The van der Waals surface area contributed by atoms with Crippen molar-refractivity contribution < 1.29 is 9.59 Å². The second-order valence-electron chi connectivity index (χ2n) is 1.43. The lowest BCUT2D eigenvalue weighted by atomic mass is 10.5. The summed E-state index contributed by atoms with van der Waals surface area (Å²) in [4.78, 5) is 18.1. The molecule has 0 saturated heterocycles. The number of nitrogens with one attached hydrogen (secondary N) is 2. The van der Waals surface area contributed by atoms with Gasteiger partial charge in [-0.25, -0.2) is 20.4 Å². The van der Waals surface area contributed by atoms with Gasteiger partial charge in [0, 0.05) is 4.88 Å². The molecule has 0 aliphatic heterocycles. The highest BCUT2D eigenvalue weighted by atomic mass is 32.1. The number of hydrogen-bond acceptors (Lipinski definition) is 5. The molecule has 1 rings (SSSR count). The SMILES string of the molecule is Cc1cccs1.N=C=O.N=C=O. The molecule has 1 aromatic heterocycles. The zero-order valence-corrected chi connectivity index (χ0v) is 7.27. The summed E-state index contributed by atoms with van der Waals surface area (Å²) in [5, 5.41) is 12.9. The molecule has 0 spiro atoms. The average Bonchev–Trinajstić information content (AvgIpc) is 2.43. The maximum absolute atomic E-state index is 8.35. The lowest BCUT2D eigenvalue weighted by molar-refractivity contribution is 0.562. The van der Waals surface area contributed by atoms with Crippen molar-refractivity contribution in [3.8, 4) is 0 Å². The molecule has 0 amide bonds. The van der Waals surface area contributed by atoms with E-state index in [0.29, 0.717) is 0 Å². The highest BCUT2D eigenvalue weighted by molar-refractivity contribution is 7.09. The van der Waals surface area contributed by atoms with Crippen LogP contribution in [-0.2, 0) is 9.59 Å². The molecule has 0 aliphatic carbocycles. The van der Waals surface area contributed by atoms with E-state index in [1.165, 1.54) is 4.88 Å². The zero-order chi connectivity index (χ0) is 9.82. The monoisotopic (exact) mass is 184 g/mol. The largest absolute Gasteiger partial charge is 0.231 e. The van der Waals surface area contributed by atoms with Crippen molar-refractivity contribution in [2.24, 2.45) is 0 Å². The van der Waals surface area contributed by atoms with Crippen molar-refractivity contribution in [2.75, 3.05) is 0 Å². The third-order valence-corrected chi connectivity index (χ3v) is 1.46. The van der Waals surface area contributed by atoms with Crippen LogP contribution in [0.3, 0.4) is 0 Å². The number of hydrogen-bond donors (Lipinski definition) is 2. The highest BCUT2D eigenvalue weighted by Gasteiger charge is 1.74. The molecule has 0 bridgehead atoms. The topological polar surface area (TPSA) is 81.8 Å². The van der Waals surface area contributed by atoms with Gasteiger partial charge in [0.25, 0.3) is 0 Å². The summed E-state index contributed by atoms with van der Waals surface area (Å²) in [6, 6.07) is 4.16. The molecule has 64 valence electrons. The summed E-state index contributed by atoms with van der Waals surface area (Å²) in [6.45, 7) is 2.10. The number of thiophene rings is 1. The molecule has 1 aromatic rings. The Bertz CT molecular complexity index is 232. The van der Waals surface area contributed by atoms with Crippen LogP contribution in [0.4, 0.5) is 0 Å². The Morgan fingerprint density at radius 3 is 1.83 bits per heavy atom. The zero-order valence-electron chi connectivity index (χ0n) is 6.46. The van der Waals surface area contributed by atoms with Crippen LogP contribution >= 0.6 is 11.3 Å². The second kappa shape index (κ2) is 12.2. The number of aryl methyl sites for hydroxylation is 1. The van der Waals surface area contributed by atoms with E-state index in [4.69, 9.17) is 20.4 Å². The van der Waals surface area contributed by atoms with Crippen LogP contribution in [0.15, 0.2) is 17.5 Å². The van der Waals surface area contributed by atoms with Gasteiger partial charge in [-0.05, 0) is 18.4 Å². The Hall–Kier alpha value is -1.54. The molecule has 0 atom stereocenters. The summed E-state index contributed by atoms with van der Waals surface area (Å²) in [5.74, 6) is 0. The average molecular weight is 184 g/mol. The second-order valence-corrected chi connectivity index (χ2v) is 2.58. The van der Waals surface area contributed by atoms with Crippen molar-refractivity contribution in [2.45, 2.75) is 6.92 Å². The molecule has 12 heavy (non-hydrogen) atoms. The van der Waals surface area contributed by atoms with Gasteiger partial charge in [0.1, 0.15) is 0 Å². The van der Waals surface area contributed by atoms with Crippen LogP contribution < -0.4 is 0 Å². The first-order valence-corrected chi connectivity index (χ1v) is 3.68. The van der Waals surface area contributed by atoms with Crippen molar-refractivity contribution in [3.05, 3.63) is 22.4 Å². The predicted molar refractivity (Wildman–Crippen MR) is 45.9 cm³/mol. The Balaban J connectivity index is 0. The Labute approximate surface area is 73.9 Å². The quantitative estimate of drug-likeness (QED) is 0.476. The van der Waals surface area contributed by atoms with Crippen LogP contribution in [0.25, 0.3) is 0 Å². The molecule has 0 aromatic carbocycles. The van der Waals surface area contributed by atoms with Crippen LogP contribution in [0.5, 0.6) is 0 Å². The number of isocyanates is 2. The van der Waals surface area contributed by atoms with Gasteiger partial charge in [0.05, 0.1) is 0 Å². The lowest BCUT2D eigenvalue weighted by Gasteiger charge is -1.65. The molecule has 1 heterocycles. The van der Waals surface area contributed by atoms with E-state index in [9.17, 15) is 0 Å². The van der Waals surface area contributed by atoms with Crippen molar-refractivity contribution in [1.82, 2.24) is 0 Å². The van der Waals surface area contributed by atoms with Gasteiger partial charge in [0.2, 0.25) is 12.2 Å². The van der Waals surface area contributed by atoms with Gasteiger partial charge in [-0.2, -0.15) is 0 Å². The maximum Gasteiger partial charge on any atom is 0.231 e. The van der Waals surface area contributed by atoms with Gasteiger partial charge in [-0.1, -0.05) is 6.07 Å². The van der Waals surface area contributed by atoms with Crippen LogP contribution in [0.1, 0.15) is 4.88 Å². The number of rotatable bonds is 0. The Morgan fingerprint density at radius 1 is 1.33 bits per heavy atom. The summed E-state index contributed by atoms with van der Waals surface area (Å²) in [6.07, 6.45) is 1.50. The minimum Gasteiger partial charge on any atom is -0.222 e. The fraction of sp³-hybridized carbons (Fsp3) is 0.143. The molecule has 0 unspecified atom stereocenters. The van der Waals surface area contributed by atoms with Crippen LogP contribution in [0, 0.1) is 17.7 Å². The maximum atomic E-state index is 8.35. The van der Waals surface area contributed by atoms with Gasteiger partial charge < -0.3 is 0 Å². The van der Waals surface area contributed by atoms with Crippen molar-refractivity contribution >= 4 is 23.5 Å². The molecule has 0 fully saturated rings. The predicted octanol–water partition coefficient (Wildman–Crippen LogP) is 1.86. The van der Waals surface area contributed by atoms with Crippen molar-refractivity contribution in [1.29, 1.82) is 10.8 Å². The molecular formula is C7H8N2O2S. The third-order valence-electron chi connectivity index (χ3n) is 0.663. The summed E-state index contributed by atoms with van der Waals surface area (Å²) >= 11 is 1.78. The van der Waals surface area contributed by atoms with E-state index in [-0.39, 0.29) is 0 Å². The molecule has 0 saturated carbocycles. The standard InChI is InChI=1S/C5H6S.2CHNO/c1-5-3-2-4-6-5;2*2-1-3/h2-4H,1H3;2*2H. The fourth-order valence-electron chi connectivity index (χ4n) is 0.361. The summed E-state index contributed by atoms with van der Waals surface area (Å²) in [5.41, 5.74) is 0. The number of carbonyl (C=O) groups excluding carboxylic acids is 2. The lowest BCUT2D eigenvalue weighted by Crippen LogP contribution is -1.42. The van der Waals surface area contributed by atoms with E-state index in [0.717, 1.165) is 12.2 Å². The first-order valence-electron chi connectivity index (χ1n) is 2.80. The Morgan fingerprint density at radius 2 is 1.75 bits per heavy atom. The smallest absolute Gasteiger partial charge is 0.222 e. The highest BCUT2D eigenvalue weighted by Crippen LogP contribution is 2.03. The van der Waals surface area contributed by atoms with E-state index in [1.807, 2.05) is 0 Å². The summed E-state index contributed by atoms with van der Waals surface area (Å²) in [7, 11) is 0. The minimum atomic E-state index is 0.750. The van der Waals surface area contributed by atoms with E-state index in [2.05, 4.69) is 24.4 Å². The molecular weight excluding hydrogens is 176 g/mol. The molecule has 0 aliphatic rings. The molecule has 2 N–H and O–H groups in total. The van der Waals surface area contributed by atoms with Crippen molar-refractivity contribution in [3.63, 3.8) is 0 Å². The van der Waals surface area contributed by atoms with Gasteiger partial charge >= 0.3 is 0 Å². The van der Waals surface area contributed by atoms with E-state index in [1.54, 1.807) is 11.3 Å². The Kier molecular flexibility index (Phi) is 13.3. The van der Waals surface area contributed by atoms with Gasteiger partial charge in [-0.15, -0.1) is 11.3 Å². The normalized spacial score (nSPS) is 5.75. The molecule has 0 radical (unpaired) electrons. The van der Waals surface area contributed by atoms with Gasteiger partial charge in [-0.3, -0.25) is 0 Å². The summed E-state index contributed by atoms with van der Waals surface area (Å²) < 4.78 is 0. The van der Waals surface area contributed by atoms with E-state index < -0.39 is 0 Å². The van der Waals surface area contributed by atoms with Gasteiger partial charge in [0.15, 0.2) is 0 Å². The first-order chi connectivity index (χ1) is 5.72. The third kappa shape index (κ3) is 15.8. The molecule has 5 heteroatoms.